The van der Waals surface area contributed by atoms with Gasteiger partial charge in [0.15, 0.2) is 5.82 Å². The van der Waals surface area contributed by atoms with Crippen LogP contribution in [-0.2, 0) is 11.3 Å². The normalized spacial score (nSPS) is 18.8. The Morgan fingerprint density at radius 3 is 2.43 bits per heavy atom. The fourth-order valence-corrected chi connectivity index (χ4v) is 4.15. The number of nitrogens with one attached hydrogen (secondary N) is 1. The number of benzene rings is 1. The number of nitrogens with zero attached hydrogens (tertiary/aromatic N) is 4. The van der Waals surface area contributed by atoms with E-state index >= 15 is 0 Å². The summed E-state index contributed by atoms with van der Waals surface area (Å²) in [5, 5.41) is 11.2. The summed E-state index contributed by atoms with van der Waals surface area (Å²) in [7, 11) is 0. The lowest BCUT2D eigenvalue weighted by Gasteiger charge is -2.31. The van der Waals surface area contributed by atoms with Crippen LogP contribution in [0.25, 0.3) is 0 Å². The molecule has 6 heteroatoms. The van der Waals surface area contributed by atoms with Crippen LogP contribution < -0.4 is 10.2 Å². The molecule has 0 radical (unpaired) electrons. The highest BCUT2D eigenvalue weighted by molar-refractivity contribution is 5.92. The minimum atomic E-state index is 0.0564. The summed E-state index contributed by atoms with van der Waals surface area (Å²) in [6.45, 7) is 5.09. The second-order valence-electron chi connectivity index (χ2n) is 7.87. The third-order valence-electron chi connectivity index (χ3n) is 5.82. The summed E-state index contributed by atoms with van der Waals surface area (Å²) in [4.78, 5) is 17.4. The first kappa shape index (κ1) is 18.9. The average Bonchev–Trinajstić information content (AvgIpc) is 2.76. The van der Waals surface area contributed by atoms with Gasteiger partial charge in [0.05, 0.1) is 0 Å². The van der Waals surface area contributed by atoms with Crippen LogP contribution in [0.4, 0.5) is 11.5 Å². The summed E-state index contributed by atoms with van der Waals surface area (Å²) in [6, 6.07) is 12.2. The van der Waals surface area contributed by atoms with E-state index in [2.05, 4.69) is 37.4 Å². The molecule has 148 valence electrons. The largest absolute Gasteiger partial charge is 0.355 e. The number of carbonyl (C=O) groups excluding carboxylic acids is 1. The molecular formula is C22H29N5O. The number of piperidine rings is 2. The summed E-state index contributed by atoms with van der Waals surface area (Å²) >= 11 is 0. The van der Waals surface area contributed by atoms with Crippen molar-refractivity contribution in [1.82, 2.24) is 15.1 Å². The van der Waals surface area contributed by atoms with E-state index in [9.17, 15) is 4.79 Å². The van der Waals surface area contributed by atoms with Gasteiger partial charge in [0, 0.05) is 37.4 Å². The van der Waals surface area contributed by atoms with Crippen LogP contribution in [0.15, 0.2) is 42.6 Å². The Hall–Kier alpha value is -2.47. The molecule has 2 saturated heterocycles. The van der Waals surface area contributed by atoms with Crippen molar-refractivity contribution in [3.63, 3.8) is 0 Å². The van der Waals surface area contributed by atoms with E-state index in [4.69, 9.17) is 0 Å². The van der Waals surface area contributed by atoms with Crippen LogP contribution in [-0.4, -0.2) is 47.2 Å². The molecule has 0 unspecified atom stereocenters. The topological polar surface area (TPSA) is 61.4 Å². The van der Waals surface area contributed by atoms with Crippen molar-refractivity contribution in [3.05, 3.63) is 48.2 Å². The maximum Gasteiger partial charge on any atom is 0.227 e. The van der Waals surface area contributed by atoms with Crippen molar-refractivity contribution in [2.24, 2.45) is 5.92 Å². The zero-order valence-electron chi connectivity index (χ0n) is 16.4. The molecule has 1 N–H and O–H groups in total. The summed E-state index contributed by atoms with van der Waals surface area (Å²) in [5.74, 6) is 1.08. The maximum absolute atomic E-state index is 12.6. The molecule has 0 spiro atoms. The third kappa shape index (κ3) is 4.87. The Balaban J connectivity index is 1.26. The van der Waals surface area contributed by atoms with E-state index < -0.39 is 0 Å². The van der Waals surface area contributed by atoms with E-state index in [0.29, 0.717) is 0 Å². The summed E-state index contributed by atoms with van der Waals surface area (Å²) in [6.07, 6.45) is 7.35. The van der Waals surface area contributed by atoms with Crippen molar-refractivity contribution in [3.8, 4) is 0 Å². The second kappa shape index (κ2) is 9.15. The van der Waals surface area contributed by atoms with Crippen LogP contribution in [0.2, 0.25) is 0 Å². The van der Waals surface area contributed by atoms with Gasteiger partial charge in [-0.05, 0) is 68.6 Å². The van der Waals surface area contributed by atoms with Crippen LogP contribution in [0.3, 0.4) is 0 Å². The van der Waals surface area contributed by atoms with Crippen LogP contribution in [0.5, 0.6) is 0 Å². The molecule has 2 aliphatic heterocycles. The monoisotopic (exact) mass is 379 g/mol. The molecular weight excluding hydrogens is 350 g/mol. The maximum atomic E-state index is 12.6. The molecule has 0 aliphatic carbocycles. The number of hydrogen-bond acceptors (Lipinski definition) is 5. The average molecular weight is 380 g/mol. The molecule has 28 heavy (non-hydrogen) atoms. The standard InChI is InChI=1S/C22H29N5O/c28-22(19-10-15-27(16-11-19)21-5-4-12-23-25-21)24-20-8-6-18(7-9-20)17-26-13-2-1-3-14-26/h4-9,12,19H,1-3,10-11,13-17H2,(H,24,28). The van der Waals surface area contributed by atoms with Crippen molar-refractivity contribution >= 4 is 17.4 Å². The summed E-state index contributed by atoms with van der Waals surface area (Å²) < 4.78 is 0. The van der Waals surface area contributed by atoms with E-state index in [1.165, 1.54) is 37.9 Å². The molecule has 0 bridgehead atoms. The SMILES string of the molecule is O=C(Nc1ccc(CN2CCCCC2)cc1)C1CCN(c2cccnn2)CC1. The quantitative estimate of drug-likeness (QED) is 0.864. The lowest BCUT2D eigenvalue weighted by molar-refractivity contribution is -0.120. The Kier molecular flexibility index (Phi) is 6.17. The lowest BCUT2D eigenvalue weighted by atomic mass is 9.95. The van der Waals surface area contributed by atoms with Gasteiger partial charge in [-0.2, -0.15) is 5.10 Å². The highest BCUT2D eigenvalue weighted by Gasteiger charge is 2.25. The zero-order valence-corrected chi connectivity index (χ0v) is 16.4. The van der Waals surface area contributed by atoms with Crippen LogP contribution in [0, 0.1) is 5.92 Å². The molecule has 2 fully saturated rings. The Labute approximate surface area is 166 Å². The number of likely N-dealkylation sites (tertiary alicyclic amines) is 1. The van der Waals surface area contributed by atoms with E-state index in [-0.39, 0.29) is 11.8 Å². The molecule has 1 amide bonds. The van der Waals surface area contributed by atoms with Gasteiger partial charge in [-0.15, -0.1) is 5.10 Å². The van der Waals surface area contributed by atoms with Crippen LogP contribution >= 0.6 is 0 Å². The molecule has 0 atom stereocenters. The van der Waals surface area contributed by atoms with E-state index in [0.717, 1.165) is 44.0 Å². The van der Waals surface area contributed by atoms with Gasteiger partial charge in [0.25, 0.3) is 0 Å². The van der Waals surface area contributed by atoms with Gasteiger partial charge in [0.1, 0.15) is 0 Å². The summed E-state index contributed by atoms with van der Waals surface area (Å²) in [5.41, 5.74) is 2.21. The molecule has 0 saturated carbocycles. The molecule has 1 aromatic carbocycles. The van der Waals surface area contributed by atoms with Crippen molar-refractivity contribution < 1.29 is 4.79 Å². The highest BCUT2D eigenvalue weighted by Crippen LogP contribution is 2.23. The van der Waals surface area contributed by atoms with Crippen molar-refractivity contribution in [1.29, 1.82) is 0 Å². The number of hydrogen-bond donors (Lipinski definition) is 1. The minimum absolute atomic E-state index is 0.0564. The van der Waals surface area contributed by atoms with Gasteiger partial charge in [0.2, 0.25) is 5.91 Å². The van der Waals surface area contributed by atoms with Crippen LogP contribution in [0.1, 0.15) is 37.7 Å². The first-order chi connectivity index (χ1) is 13.8. The highest BCUT2D eigenvalue weighted by atomic mass is 16.1. The Bertz CT molecular complexity index is 750. The number of aromatic nitrogens is 2. The number of anilines is 2. The molecule has 6 nitrogen and oxygen atoms in total. The minimum Gasteiger partial charge on any atom is -0.355 e. The van der Waals surface area contributed by atoms with E-state index in [1.54, 1.807) is 6.20 Å². The van der Waals surface area contributed by atoms with Gasteiger partial charge in [-0.1, -0.05) is 18.6 Å². The number of rotatable bonds is 5. The number of amides is 1. The smallest absolute Gasteiger partial charge is 0.227 e. The Morgan fingerprint density at radius 1 is 1.00 bits per heavy atom. The van der Waals surface area contributed by atoms with E-state index in [1.807, 2.05) is 24.3 Å². The fourth-order valence-electron chi connectivity index (χ4n) is 4.15. The Morgan fingerprint density at radius 2 is 1.75 bits per heavy atom. The molecule has 3 heterocycles. The molecule has 1 aromatic heterocycles. The van der Waals surface area contributed by atoms with Crippen molar-refractivity contribution in [2.75, 3.05) is 36.4 Å². The van der Waals surface area contributed by atoms with Gasteiger partial charge in [-0.25, -0.2) is 0 Å². The lowest BCUT2D eigenvalue weighted by Crippen LogP contribution is -2.38. The number of carbonyl (C=O) groups is 1. The second-order valence-corrected chi connectivity index (χ2v) is 7.87. The molecule has 4 rings (SSSR count). The first-order valence-corrected chi connectivity index (χ1v) is 10.4. The fraction of sp³-hybridized carbons (Fsp3) is 0.500. The zero-order chi connectivity index (χ0) is 19.2. The first-order valence-electron chi connectivity index (χ1n) is 10.4. The predicted molar refractivity (Wildman–Crippen MR) is 111 cm³/mol. The van der Waals surface area contributed by atoms with Gasteiger partial charge >= 0.3 is 0 Å². The van der Waals surface area contributed by atoms with Crippen molar-refractivity contribution in [2.45, 2.75) is 38.6 Å². The third-order valence-corrected chi connectivity index (χ3v) is 5.82. The van der Waals surface area contributed by atoms with Gasteiger partial charge < -0.3 is 10.2 Å². The van der Waals surface area contributed by atoms with Gasteiger partial charge in [-0.3, -0.25) is 9.69 Å². The molecule has 2 aromatic rings. The molecule has 2 aliphatic rings. The predicted octanol–water partition coefficient (Wildman–Crippen LogP) is 3.32.